The molecule has 0 aliphatic carbocycles. The maximum atomic E-state index is 2.79. The second-order valence-electron chi connectivity index (χ2n) is 8.28. The Morgan fingerprint density at radius 2 is 0.906 bits per heavy atom. The van der Waals surface area contributed by atoms with Gasteiger partial charge in [0.1, 0.15) is 0 Å². The molecule has 1 nitrogen and oxygen atoms in total. The van der Waals surface area contributed by atoms with E-state index >= 15 is 0 Å². The van der Waals surface area contributed by atoms with Crippen molar-refractivity contribution in [3.05, 3.63) is 132 Å². The van der Waals surface area contributed by atoms with E-state index in [1.165, 1.54) is 34.6 Å². The average Bonchev–Trinajstić information content (AvgIpc) is 3.32. The molecule has 4 aromatic rings. The largest absolute Gasteiger partial charge is 0.254 e. The predicted molar refractivity (Wildman–Crippen MR) is 141 cm³/mol. The van der Waals surface area contributed by atoms with Crippen LogP contribution in [-0.4, -0.2) is 11.5 Å². The first-order valence-electron chi connectivity index (χ1n) is 11.3. The minimum Gasteiger partial charge on any atom is -0.254 e. The molecule has 160 valence electrons. The lowest BCUT2D eigenvalue weighted by atomic mass is 10.0. The zero-order valence-corrected chi connectivity index (χ0v) is 20.2. The summed E-state index contributed by atoms with van der Waals surface area (Å²) in [5, 5.41) is 2.87. The molecule has 1 fully saturated rings. The van der Waals surface area contributed by atoms with E-state index in [2.05, 4.69) is 133 Å². The molecule has 0 radical (unpaired) electrons. The van der Waals surface area contributed by atoms with E-state index in [9.17, 15) is 0 Å². The summed E-state index contributed by atoms with van der Waals surface area (Å²) in [5.74, 6) is 0. The van der Waals surface area contributed by atoms with Crippen molar-refractivity contribution in [1.29, 1.82) is 0 Å². The molecule has 32 heavy (non-hydrogen) atoms. The molecule has 1 heterocycles. The van der Waals surface area contributed by atoms with E-state index in [0.717, 1.165) is 0 Å². The van der Waals surface area contributed by atoms with Crippen molar-refractivity contribution < 1.29 is 0 Å². The Morgan fingerprint density at radius 1 is 0.562 bits per heavy atom. The summed E-state index contributed by atoms with van der Waals surface area (Å²) < 4.78 is 2.79. The summed E-state index contributed by atoms with van der Waals surface area (Å²) in [6.07, 6.45) is 2.51. The fourth-order valence-corrected chi connectivity index (χ4v) is 12.0. The Bertz CT molecular complexity index is 1020. The summed E-state index contributed by atoms with van der Waals surface area (Å²) in [6, 6.07) is 44.7. The Balaban J connectivity index is 1.60. The van der Waals surface area contributed by atoms with Crippen LogP contribution < -0.4 is 10.6 Å². The lowest BCUT2D eigenvalue weighted by Crippen LogP contribution is -2.24. The maximum Gasteiger partial charge on any atom is 0.0315 e. The van der Waals surface area contributed by atoms with Crippen molar-refractivity contribution in [3.8, 4) is 0 Å². The first-order valence-corrected chi connectivity index (χ1v) is 14.1. The van der Waals surface area contributed by atoms with Gasteiger partial charge in [0.05, 0.1) is 0 Å². The van der Waals surface area contributed by atoms with Gasteiger partial charge in [-0.25, -0.2) is 0 Å². The zero-order valence-electron chi connectivity index (χ0n) is 18.5. The van der Waals surface area contributed by atoms with Gasteiger partial charge in [-0.3, -0.25) is 4.44 Å². The van der Waals surface area contributed by atoms with Crippen molar-refractivity contribution in [1.82, 2.24) is 4.44 Å². The molecule has 2 atom stereocenters. The second-order valence-corrected chi connectivity index (χ2v) is 13.5. The number of hydrogen-bond donors (Lipinski definition) is 0. The zero-order chi connectivity index (χ0) is 21.8. The third-order valence-electron chi connectivity index (χ3n) is 6.35. The third-order valence-corrected chi connectivity index (χ3v) is 12.7. The Morgan fingerprint density at radius 3 is 1.28 bits per heavy atom. The summed E-state index contributed by atoms with van der Waals surface area (Å²) >= 11 is 0. The van der Waals surface area contributed by atoms with Crippen LogP contribution >= 0.6 is 16.1 Å². The second kappa shape index (κ2) is 10.1. The SMILES string of the molecule is CN(P(c1ccccc1)c1ccccc1)P1C(c2ccccc2)CCC1c1ccccc1. The Kier molecular flexibility index (Phi) is 6.80. The molecule has 1 aliphatic rings. The Labute approximate surface area is 194 Å². The third kappa shape index (κ3) is 4.44. The van der Waals surface area contributed by atoms with E-state index in [1.807, 2.05) is 0 Å². The van der Waals surface area contributed by atoms with Crippen LogP contribution in [0.15, 0.2) is 121 Å². The normalized spacial score (nSPS) is 20.7. The molecule has 1 saturated heterocycles. The highest BCUT2D eigenvalue weighted by Gasteiger charge is 2.42. The van der Waals surface area contributed by atoms with Crippen molar-refractivity contribution >= 4 is 26.8 Å². The first-order chi connectivity index (χ1) is 15.8. The van der Waals surface area contributed by atoms with Crippen molar-refractivity contribution in [2.45, 2.75) is 24.2 Å². The summed E-state index contributed by atoms with van der Waals surface area (Å²) in [4.78, 5) is 0. The highest BCUT2D eigenvalue weighted by molar-refractivity contribution is 7.79. The van der Waals surface area contributed by atoms with E-state index in [-0.39, 0.29) is 0 Å². The highest BCUT2D eigenvalue weighted by Crippen LogP contribution is 2.75. The van der Waals surface area contributed by atoms with Crippen molar-refractivity contribution in [2.24, 2.45) is 0 Å². The van der Waals surface area contributed by atoms with Crippen LogP contribution in [-0.2, 0) is 0 Å². The highest BCUT2D eigenvalue weighted by atomic mass is 31.2. The van der Waals surface area contributed by atoms with Gasteiger partial charge in [-0.05, 0) is 49.7 Å². The van der Waals surface area contributed by atoms with Gasteiger partial charge in [-0.15, -0.1) is 0 Å². The van der Waals surface area contributed by atoms with Crippen LogP contribution in [0.3, 0.4) is 0 Å². The molecular formula is C29H29NP2. The summed E-state index contributed by atoms with van der Waals surface area (Å²) in [5.41, 5.74) is 4.19. The standard InChI is InChI=1S/C29H29NP2/c1-30(31(26-18-10-4-11-19-26)27-20-12-5-13-21-27)32-28(24-14-6-2-7-15-24)22-23-29(32)25-16-8-3-9-17-25/h2-21,28-29H,22-23H2,1H3. The van der Waals surface area contributed by atoms with Gasteiger partial charge >= 0.3 is 0 Å². The predicted octanol–water partition coefficient (Wildman–Crippen LogP) is 7.64. The fraction of sp³-hybridized carbons (Fsp3) is 0.172. The molecule has 5 rings (SSSR count). The van der Waals surface area contributed by atoms with Crippen LogP contribution in [0.25, 0.3) is 0 Å². The molecule has 3 heteroatoms. The van der Waals surface area contributed by atoms with Gasteiger partial charge in [-0.1, -0.05) is 121 Å². The molecule has 1 aliphatic heterocycles. The smallest absolute Gasteiger partial charge is 0.0315 e. The summed E-state index contributed by atoms with van der Waals surface area (Å²) in [7, 11) is 1.39. The molecule has 4 aromatic carbocycles. The number of hydrogen-bond acceptors (Lipinski definition) is 1. The van der Waals surface area contributed by atoms with Gasteiger partial charge in [0.15, 0.2) is 0 Å². The van der Waals surface area contributed by atoms with Crippen molar-refractivity contribution in [3.63, 3.8) is 0 Å². The van der Waals surface area contributed by atoms with E-state index in [4.69, 9.17) is 0 Å². The minimum atomic E-state index is -0.595. The van der Waals surface area contributed by atoms with E-state index in [0.29, 0.717) is 11.3 Å². The molecule has 0 aromatic heterocycles. The lowest BCUT2D eigenvalue weighted by Gasteiger charge is -2.40. The van der Waals surface area contributed by atoms with Crippen LogP contribution in [0, 0.1) is 0 Å². The van der Waals surface area contributed by atoms with Gasteiger partial charge in [0.25, 0.3) is 0 Å². The monoisotopic (exact) mass is 453 g/mol. The van der Waals surface area contributed by atoms with Gasteiger partial charge in [0.2, 0.25) is 0 Å². The number of nitrogens with zero attached hydrogens (tertiary/aromatic N) is 1. The maximum absolute atomic E-state index is 2.79. The van der Waals surface area contributed by atoms with Crippen LogP contribution in [0.1, 0.15) is 35.3 Å². The fourth-order valence-electron chi connectivity index (χ4n) is 4.92. The summed E-state index contributed by atoms with van der Waals surface area (Å²) in [6.45, 7) is 0. The molecule has 0 amide bonds. The van der Waals surface area contributed by atoms with Crippen LogP contribution in [0.5, 0.6) is 0 Å². The van der Waals surface area contributed by atoms with E-state index in [1.54, 1.807) is 0 Å². The molecule has 0 saturated carbocycles. The molecular weight excluding hydrogens is 424 g/mol. The molecule has 0 N–H and O–H groups in total. The molecule has 2 unspecified atom stereocenters. The quantitative estimate of drug-likeness (QED) is 0.271. The molecule has 0 spiro atoms. The Hall–Kier alpha value is -2.30. The lowest BCUT2D eigenvalue weighted by molar-refractivity contribution is 0.765. The molecule has 0 bridgehead atoms. The average molecular weight is 454 g/mol. The van der Waals surface area contributed by atoms with Gasteiger partial charge < -0.3 is 0 Å². The number of rotatable bonds is 6. The van der Waals surface area contributed by atoms with E-state index < -0.39 is 16.1 Å². The van der Waals surface area contributed by atoms with Crippen molar-refractivity contribution in [2.75, 3.05) is 7.05 Å². The number of benzene rings is 4. The van der Waals surface area contributed by atoms with Crippen LogP contribution in [0.2, 0.25) is 0 Å². The van der Waals surface area contributed by atoms with Gasteiger partial charge in [0, 0.05) is 19.4 Å². The minimum absolute atomic E-state index is 0.410. The topological polar surface area (TPSA) is 3.24 Å². The van der Waals surface area contributed by atoms with Gasteiger partial charge in [-0.2, -0.15) is 0 Å². The first kappa shape index (κ1) is 21.5. The van der Waals surface area contributed by atoms with Crippen LogP contribution in [0.4, 0.5) is 0 Å².